The van der Waals surface area contributed by atoms with E-state index in [1.54, 1.807) is 12.1 Å². The zero-order chi connectivity index (χ0) is 15.5. The Morgan fingerprint density at radius 3 is 2.62 bits per heavy atom. The van der Waals surface area contributed by atoms with Crippen LogP contribution in [-0.2, 0) is 26.1 Å². The summed E-state index contributed by atoms with van der Waals surface area (Å²) >= 11 is 0. The number of carbonyl (C=O) groups excluding carboxylic acids is 1. The lowest BCUT2D eigenvalue weighted by atomic mass is 9.98. The summed E-state index contributed by atoms with van der Waals surface area (Å²) in [7, 11) is -3.68. The van der Waals surface area contributed by atoms with E-state index in [1.807, 2.05) is 6.92 Å². The van der Waals surface area contributed by atoms with E-state index >= 15 is 0 Å². The molecule has 1 aromatic carbocycles. The van der Waals surface area contributed by atoms with Crippen LogP contribution < -0.4 is 10.5 Å². The lowest BCUT2D eigenvalue weighted by Crippen LogP contribution is -2.34. The van der Waals surface area contributed by atoms with E-state index < -0.39 is 10.0 Å². The lowest BCUT2D eigenvalue weighted by molar-refractivity contribution is -0.126. The Kier molecular flexibility index (Phi) is 4.97. The highest BCUT2D eigenvalue weighted by Gasteiger charge is 2.32. The third kappa shape index (κ3) is 4.03. The van der Waals surface area contributed by atoms with Gasteiger partial charge in [-0.3, -0.25) is 4.79 Å². The fraction of sp³-hybridized carbons (Fsp3) is 0.500. The predicted octanol–water partition coefficient (Wildman–Crippen LogP) is 0.765. The van der Waals surface area contributed by atoms with Gasteiger partial charge < -0.3 is 10.1 Å². The van der Waals surface area contributed by atoms with Gasteiger partial charge in [-0.25, -0.2) is 13.6 Å². The number of benzene rings is 1. The Bertz CT molecular complexity index is 598. The van der Waals surface area contributed by atoms with Gasteiger partial charge in [0.15, 0.2) is 0 Å². The molecule has 1 aliphatic rings. The van der Waals surface area contributed by atoms with Crippen molar-refractivity contribution >= 4 is 15.9 Å². The highest BCUT2D eigenvalue weighted by molar-refractivity contribution is 7.89. The second kappa shape index (κ2) is 6.55. The van der Waals surface area contributed by atoms with Crippen LogP contribution in [0, 0.1) is 5.92 Å². The van der Waals surface area contributed by atoms with Gasteiger partial charge in [0.2, 0.25) is 15.9 Å². The Morgan fingerprint density at radius 1 is 1.38 bits per heavy atom. The van der Waals surface area contributed by atoms with Crippen LogP contribution >= 0.6 is 0 Å². The second-order valence-corrected chi connectivity index (χ2v) is 6.68. The molecule has 1 aliphatic heterocycles. The zero-order valence-electron chi connectivity index (χ0n) is 11.9. The van der Waals surface area contributed by atoms with Crippen LogP contribution in [0.3, 0.4) is 0 Å². The molecule has 1 aromatic rings. The standard InChI is InChI=1S/C14H20N2O4S/c1-2-13-12(7-8-20-13)14(17)16-9-10-3-5-11(6-4-10)21(15,18)19/h3-6,12-13H,2,7-9H2,1H3,(H,16,17)(H2,15,18,19). The molecule has 1 saturated heterocycles. The molecular formula is C14H20N2O4S. The van der Waals surface area contributed by atoms with E-state index in [1.165, 1.54) is 12.1 Å². The highest BCUT2D eigenvalue weighted by atomic mass is 32.2. The van der Waals surface area contributed by atoms with Gasteiger partial charge in [0.25, 0.3) is 0 Å². The molecule has 116 valence electrons. The molecule has 7 heteroatoms. The normalized spacial score (nSPS) is 22.2. The summed E-state index contributed by atoms with van der Waals surface area (Å²) in [5.41, 5.74) is 0.822. The number of primary sulfonamides is 1. The summed E-state index contributed by atoms with van der Waals surface area (Å²) in [6, 6.07) is 6.15. The molecular weight excluding hydrogens is 292 g/mol. The van der Waals surface area contributed by atoms with Crippen molar-refractivity contribution in [1.29, 1.82) is 0 Å². The highest BCUT2D eigenvalue weighted by Crippen LogP contribution is 2.23. The maximum absolute atomic E-state index is 12.1. The summed E-state index contributed by atoms with van der Waals surface area (Å²) < 4.78 is 27.8. The van der Waals surface area contributed by atoms with Crippen LogP contribution in [-0.4, -0.2) is 27.0 Å². The summed E-state index contributed by atoms with van der Waals surface area (Å²) in [6.07, 6.45) is 1.56. The van der Waals surface area contributed by atoms with Crippen molar-refractivity contribution < 1.29 is 17.9 Å². The van der Waals surface area contributed by atoms with Gasteiger partial charge in [-0.1, -0.05) is 19.1 Å². The summed E-state index contributed by atoms with van der Waals surface area (Å²) in [5, 5.41) is 7.89. The molecule has 6 nitrogen and oxygen atoms in total. The van der Waals surface area contributed by atoms with Crippen LogP contribution in [0.1, 0.15) is 25.3 Å². The molecule has 0 bridgehead atoms. The average Bonchev–Trinajstić information content (AvgIpc) is 2.92. The Morgan fingerprint density at radius 2 is 2.05 bits per heavy atom. The van der Waals surface area contributed by atoms with Crippen LogP contribution in [0.5, 0.6) is 0 Å². The first kappa shape index (κ1) is 15.9. The molecule has 2 atom stereocenters. The van der Waals surface area contributed by atoms with E-state index in [4.69, 9.17) is 9.88 Å². The average molecular weight is 312 g/mol. The van der Waals surface area contributed by atoms with Crippen molar-refractivity contribution in [3.63, 3.8) is 0 Å². The third-order valence-corrected chi connectivity index (χ3v) is 4.60. The molecule has 3 N–H and O–H groups in total. The van der Waals surface area contributed by atoms with E-state index in [0.717, 1.165) is 18.4 Å². The van der Waals surface area contributed by atoms with E-state index in [0.29, 0.717) is 13.2 Å². The van der Waals surface area contributed by atoms with E-state index in [9.17, 15) is 13.2 Å². The topological polar surface area (TPSA) is 98.5 Å². The molecule has 1 heterocycles. The van der Waals surface area contributed by atoms with Crippen molar-refractivity contribution in [2.24, 2.45) is 11.1 Å². The fourth-order valence-corrected chi connectivity index (χ4v) is 2.98. The summed E-state index contributed by atoms with van der Waals surface area (Å²) in [5.74, 6) is -0.117. The number of hydrogen-bond acceptors (Lipinski definition) is 4. The first-order valence-corrected chi connectivity index (χ1v) is 8.47. The van der Waals surface area contributed by atoms with E-state index in [-0.39, 0.29) is 22.8 Å². The van der Waals surface area contributed by atoms with Crippen LogP contribution in [0.15, 0.2) is 29.2 Å². The smallest absolute Gasteiger partial charge is 0.238 e. The molecule has 1 amide bonds. The van der Waals surface area contributed by atoms with Crippen LogP contribution in [0.2, 0.25) is 0 Å². The molecule has 0 saturated carbocycles. The number of nitrogens with two attached hydrogens (primary N) is 1. The van der Waals surface area contributed by atoms with Gasteiger partial charge in [-0.15, -0.1) is 0 Å². The maximum Gasteiger partial charge on any atom is 0.238 e. The Labute approximate surface area is 124 Å². The first-order chi connectivity index (χ1) is 9.91. The molecule has 21 heavy (non-hydrogen) atoms. The minimum atomic E-state index is -3.68. The Balaban J connectivity index is 1.92. The largest absolute Gasteiger partial charge is 0.377 e. The molecule has 0 aliphatic carbocycles. The second-order valence-electron chi connectivity index (χ2n) is 5.12. The molecule has 2 unspecified atom stereocenters. The predicted molar refractivity (Wildman–Crippen MR) is 77.8 cm³/mol. The molecule has 0 spiro atoms. The minimum absolute atomic E-state index is 0.00485. The maximum atomic E-state index is 12.1. The number of amides is 1. The summed E-state index contributed by atoms with van der Waals surface area (Å²) in [4.78, 5) is 12.2. The van der Waals surface area contributed by atoms with Crippen molar-refractivity contribution in [2.75, 3.05) is 6.61 Å². The lowest BCUT2D eigenvalue weighted by Gasteiger charge is -2.16. The molecule has 0 radical (unpaired) electrons. The minimum Gasteiger partial charge on any atom is -0.377 e. The summed E-state index contributed by atoms with van der Waals surface area (Å²) in [6.45, 7) is 2.98. The van der Waals surface area contributed by atoms with Crippen molar-refractivity contribution in [3.8, 4) is 0 Å². The number of ether oxygens (including phenoxy) is 1. The zero-order valence-corrected chi connectivity index (χ0v) is 12.7. The molecule has 2 rings (SSSR count). The number of nitrogens with one attached hydrogen (secondary N) is 1. The van der Waals surface area contributed by atoms with Gasteiger partial charge in [0.05, 0.1) is 16.9 Å². The monoisotopic (exact) mass is 312 g/mol. The van der Waals surface area contributed by atoms with Gasteiger partial charge in [-0.2, -0.15) is 0 Å². The number of sulfonamides is 1. The van der Waals surface area contributed by atoms with Crippen molar-refractivity contribution in [3.05, 3.63) is 29.8 Å². The number of carbonyl (C=O) groups is 1. The quantitative estimate of drug-likeness (QED) is 0.838. The van der Waals surface area contributed by atoms with Gasteiger partial charge in [-0.05, 0) is 30.5 Å². The van der Waals surface area contributed by atoms with E-state index in [2.05, 4.69) is 5.32 Å². The SMILES string of the molecule is CCC1OCCC1C(=O)NCc1ccc(S(N)(=O)=O)cc1. The van der Waals surface area contributed by atoms with Gasteiger partial charge in [0.1, 0.15) is 0 Å². The molecule has 1 fully saturated rings. The van der Waals surface area contributed by atoms with Crippen LogP contribution in [0.25, 0.3) is 0 Å². The number of hydrogen-bond donors (Lipinski definition) is 2. The fourth-order valence-electron chi connectivity index (χ4n) is 2.47. The third-order valence-electron chi connectivity index (χ3n) is 3.67. The number of rotatable bonds is 5. The first-order valence-electron chi connectivity index (χ1n) is 6.93. The van der Waals surface area contributed by atoms with Crippen LogP contribution in [0.4, 0.5) is 0 Å². The molecule has 0 aromatic heterocycles. The van der Waals surface area contributed by atoms with Crippen molar-refractivity contribution in [1.82, 2.24) is 5.32 Å². The van der Waals surface area contributed by atoms with Crippen molar-refractivity contribution in [2.45, 2.75) is 37.3 Å². The van der Waals surface area contributed by atoms with Gasteiger partial charge in [0, 0.05) is 13.2 Å². The Hall–Kier alpha value is -1.44. The van der Waals surface area contributed by atoms with Gasteiger partial charge >= 0.3 is 0 Å².